The summed E-state index contributed by atoms with van der Waals surface area (Å²) < 4.78 is 0. The van der Waals surface area contributed by atoms with Gasteiger partial charge in [-0.3, -0.25) is 15.3 Å². The van der Waals surface area contributed by atoms with E-state index in [1.807, 2.05) is 68.0 Å². The predicted molar refractivity (Wildman–Crippen MR) is 148 cm³/mol. The number of aliphatic imine (C=N–C) groups is 2. The Morgan fingerprint density at radius 3 is 2.77 bits per heavy atom. The number of alkyl halides is 1. The number of aliphatic hydroxyl groups excluding tert-OH is 1. The Bertz CT molecular complexity index is 813. The molecule has 0 aliphatic heterocycles. The van der Waals surface area contributed by atoms with Crippen molar-refractivity contribution in [2.45, 2.75) is 70.4 Å². The average molecular weight is 505 g/mol. The van der Waals surface area contributed by atoms with Gasteiger partial charge in [0.05, 0.1) is 16.8 Å². The number of hydrogen-bond acceptors (Lipinski definition) is 7. The van der Waals surface area contributed by atoms with E-state index in [2.05, 4.69) is 38.8 Å². The third kappa shape index (κ3) is 16.2. The van der Waals surface area contributed by atoms with E-state index in [1.54, 1.807) is 0 Å². The lowest BCUT2D eigenvalue weighted by atomic mass is 10.1. The van der Waals surface area contributed by atoms with E-state index in [-0.39, 0.29) is 5.38 Å². The molecule has 4 N–H and O–H groups in total. The normalized spacial score (nSPS) is 18.5. The number of hydroxylamine groups is 1. The summed E-state index contributed by atoms with van der Waals surface area (Å²) in [5.74, 6) is 0. The summed E-state index contributed by atoms with van der Waals surface area (Å²) in [5.41, 5.74) is 4.94. The molecule has 2 atom stereocenters. The Labute approximate surface area is 215 Å². The van der Waals surface area contributed by atoms with Crippen molar-refractivity contribution in [3.05, 3.63) is 71.7 Å². The van der Waals surface area contributed by atoms with Crippen LogP contribution in [0.25, 0.3) is 0 Å². The van der Waals surface area contributed by atoms with Crippen molar-refractivity contribution in [3.63, 3.8) is 0 Å². The predicted octanol–water partition coefficient (Wildman–Crippen LogP) is 5.78. The zero-order valence-corrected chi connectivity index (χ0v) is 21.7. The molecule has 0 aromatic rings. The topological polar surface area (TPSA) is 98.5 Å². The molecule has 2 unspecified atom stereocenters. The van der Waals surface area contributed by atoms with E-state index in [9.17, 15) is 5.11 Å². The average Bonchev–Trinajstić information content (AvgIpc) is 2.86. The maximum Gasteiger partial charge on any atom is 0.108 e. The minimum absolute atomic E-state index is 0.00866. The Morgan fingerprint density at radius 1 is 1.23 bits per heavy atom. The van der Waals surface area contributed by atoms with E-state index in [1.165, 1.54) is 0 Å². The molecule has 0 radical (unpaired) electrons. The number of unbranched alkanes of at least 4 members (excludes halogenated alkanes) is 2. The van der Waals surface area contributed by atoms with Gasteiger partial charge in [-0.05, 0) is 44.6 Å². The third-order valence-corrected chi connectivity index (χ3v) is 5.25. The molecule has 0 fully saturated rings. The number of allylic oxidation sites excluding steroid dienone is 7. The standard InChI is InChI=1S/C27H41ClN4O3/c1-3-5-6-7-8-10-18-29-25(4-2)26(30-19-11-9-12-20-32-35-34)16-17-27(33)31-22-23-14-13-15-24(28)21-23/h4-8,13-14,16,18-19,21,24,27,31-34H,3,9-12,15,17,20,22H2,1-2H3/b6-5-,8-7-,25-4+,26-16+,29-18?,30-19?. The summed E-state index contributed by atoms with van der Waals surface area (Å²) in [5, 5.41) is 21.9. The van der Waals surface area contributed by atoms with Gasteiger partial charge in [0.1, 0.15) is 6.23 Å². The van der Waals surface area contributed by atoms with Gasteiger partial charge >= 0.3 is 0 Å². The summed E-state index contributed by atoms with van der Waals surface area (Å²) >= 11 is 6.17. The Hall–Kier alpha value is -2.13. The van der Waals surface area contributed by atoms with Crippen LogP contribution < -0.4 is 10.8 Å². The molecule has 8 heteroatoms. The lowest BCUT2D eigenvalue weighted by Gasteiger charge is -2.15. The van der Waals surface area contributed by atoms with Crippen molar-refractivity contribution >= 4 is 24.0 Å². The number of nitrogens with zero attached hydrogens (tertiary/aromatic N) is 2. The Kier molecular flexibility index (Phi) is 18.7. The number of halogens is 1. The molecule has 0 spiro atoms. The highest BCUT2D eigenvalue weighted by molar-refractivity contribution is 6.22. The molecule has 1 aliphatic rings. The second-order valence-corrected chi connectivity index (χ2v) is 8.46. The second-order valence-electron chi connectivity index (χ2n) is 7.90. The summed E-state index contributed by atoms with van der Waals surface area (Å²) in [4.78, 5) is 13.1. The summed E-state index contributed by atoms with van der Waals surface area (Å²) in [6, 6.07) is 0. The van der Waals surface area contributed by atoms with Crippen LogP contribution in [0.1, 0.15) is 58.8 Å². The van der Waals surface area contributed by atoms with Gasteiger partial charge < -0.3 is 5.11 Å². The van der Waals surface area contributed by atoms with Crippen molar-refractivity contribution in [1.82, 2.24) is 10.8 Å². The second kappa shape index (κ2) is 21.2. The molecule has 1 rings (SSSR count). The van der Waals surface area contributed by atoms with Crippen molar-refractivity contribution in [2.75, 3.05) is 13.1 Å². The fourth-order valence-corrected chi connectivity index (χ4v) is 3.37. The van der Waals surface area contributed by atoms with Crippen molar-refractivity contribution < 1.29 is 15.4 Å². The first-order chi connectivity index (χ1) is 17.1. The molecule has 0 aromatic carbocycles. The molecular weight excluding hydrogens is 464 g/mol. The van der Waals surface area contributed by atoms with Crippen molar-refractivity contribution in [3.8, 4) is 0 Å². The third-order valence-electron chi connectivity index (χ3n) is 4.95. The van der Waals surface area contributed by atoms with E-state index >= 15 is 0 Å². The first kappa shape index (κ1) is 30.9. The van der Waals surface area contributed by atoms with Gasteiger partial charge in [-0.15, -0.1) is 16.6 Å². The molecule has 0 bridgehead atoms. The Morgan fingerprint density at radius 2 is 2.03 bits per heavy atom. The van der Waals surface area contributed by atoms with Crippen LogP contribution >= 0.6 is 11.6 Å². The first-order valence-corrected chi connectivity index (χ1v) is 12.7. The quantitative estimate of drug-likeness (QED) is 0.0360. The van der Waals surface area contributed by atoms with Gasteiger partial charge in [-0.1, -0.05) is 61.6 Å². The first-order valence-electron chi connectivity index (χ1n) is 12.3. The zero-order chi connectivity index (χ0) is 25.6. The molecule has 1 aliphatic carbocycles. The largest absolute Gasteiger partial charge is 0.378 e. The van der Waals surface area contributed by atoms with E-state index < -0.39 is 6.23 Å². The molecule has 0 heterocycles. The fraction of sp³-hybridized carbons (Fsp3) is 0.481. The minimum atomic E-state index is -0.717. The van der Waals surface area contributed by atoms with Crippen LogP contribution in [0.4, 0.5) is 0 Å². The van der Waals surface area contributed by atoms with Gasteiger partial charge in [-0.2, -0.15) is 5.48 Å². The van der Waals surface area contributed by atoms with Crippen LogP contribution in [0.5, 0.6) is 0 Å². The lowest BCUT2D eigenvalue weighted by molar-refractivity contribution is -0.291. The van der Waals surface area contributed by atoms with Gasteiger partial charge in [-0.25, -0.2) is 5.26 Å². The highest BCUT2D eigenvalue weighted by Crippen LogP contribution is 2.16. The van der Waals surface area contributed by atoms with Crippen LogP contribution in [0.3, 0.4) is 0 Å². The monoisotopic (exact) mass is 504 g/mol. The van der Waals surface area contributed by atoms with E-state index in [4.69, 9.17) is 16.9 Å². The lowest BCUT2D eigenvalue weighted by Crippen LogP contribution is -2.30. The molecule has 7 nitrogen and oxygen atoms in total. The smallest absolute Gasteiger partial charge is 0.108 e. The molecule has 0 saturated heterocycles. The number of hydrogen-bond donors (Lipinski definition) is 4. The molecule has 35 heavy (non-hydrogen) atoms. The highest BCUT2D eigenvalue weighted by Gasteiger charge is 2.09. The van der Waals surface area contributed by atoms with Gasteiger partial charge in [0, 0.05) is 38.4 Å². The SMILES string of the molecule is C/C=C(N=CC/C=C\C=C/CC)\C(=C/CC(O)NCC1=CC(Cl)CC=C1)N=CCCCCNOO. The van der Waals surface area contributed by atoms with Crippen LogP contribution in [0.2, 0.25) is 0 Å². The number of nitrogens with one attached hydrogen (secondary N) is 2. The highest BCUT2D eigenvalue weighted by atomic mass is 35.5. The minimum Gasteiger partial charge on any atom is -0.378 e. The van der Waals surface area contributed by atoms with Crippen LogP contribution in [-0.2, 0) is 4.99 Å². The molecular formula is C27H41ClN4O3. The van der Waals surface area contributed by atoms with Crippen molar-refractivity contribution in [2.24, 2.45) is 9.98 Å². The zero-order valence-electron chi connectivity index (χ0n) is 20.9. The van der Waals surface area contributed by atoms with Gasteiger partial charge in [0.15, 0.2) is 0 Å². The van der Waals surface area contributed by atoms with Crippen LogP contribution in [0, 0.1) is 0 Å². The van der Waals surface area contributed by atoms with Crippen LogP contribution in [-0.4, -0.2) is 47.5 Å². The van der Waals surface area contributed by atoms with Crippen molar-refractivity contribution in [1.29, 1.82) is 0 Å². The maximum absolute atomic E-state index is 10.5. The van der Waals surface area contributed by atoms with E-state index in [0.29, 0.717) is 25.2 Å². The summed E-state index contributed by atoms with van der Waals surface area (Å²) in [6.45, 7) is 5.14. The molecule has 194 valence electrons. The fourth-order valence-electron chi connectivity index (χ4n) is 3.10. The summed E-state index contributed by atoms with van der Waals surface area (Å²) in [7, 11) is 0. The molecule has 0 amide bonds. The molecule has 0 aromatic heterocycles. The number of rotatable bonds is 18. The van der Waals surface area contributed by atoms with E-state index in [0.717, 1.165) is 49.8 Å². The number of aliphatic hydroxyl groups is 1. The Balaban J connectivity index is 2.74. The van der Waals surface area contributed by atoms with Gasteiger partial charge in [0.2, 0.25) is 0 Å². The van der Waals surface area contributed by atoms with Crippen LogP contribution in [0.15, 0.2) is 81.6 Å². The molecule has 0 saturated carbocycles. The summed E-state index contributed by atoms with van der Waals surface area (Å²) in [6.07, 6.45) is 26.6. The maximum atomic E-state index is 10.5. The van der Waals surface area contributed by atoms with Gasteiger partial charge in [0.25, 0.3) is 0 Å².